The number of rotatable bonds is 0. The molecule has 0 radical (unpaired) electrons. The predicted molar refractivity (Wildman–Crippen MR) is 25.7 cm³/mol. The van der Waals surface area contributed by atoms with Crippen LogP contribution in [-0.2, 0) is 0 Å². The molecule has 0 heterocycles. The average Bonchev–Trinajstić information content (AvgIpc) is 1.00. The molecule has 22 valence electrons. The van der Waals surface area contributed by atoms with Gasteiger partial charge in [-0.25, -0.2) is 0 Å². The number of hydrogen-bond donors (Lipinski definition) is 0. The Morgan fingerprint density at radius 2 is 1.00 bits per heavy atom. The summed E-state index contributed by atoms with van der Waals surface area (Å²) in [5, 5.41) is 0. The number of terminal acetylenes is 1. The second-order valence-electron chi connectivity index (χ2n) is 0. The number of halogens is 1. The van der Waals surface area contributed by atoms with Crippen LogP contribution in [-0.4, -0.2) is 23.1 Å². The normalized spacial score (nSPS) is 0.500. The van der Waals surface area contributed by atoms with Crippen molar-refractivity contribution in [3.63, 3.8) is 0 Å². The van der Waals surface area contributed by atoms with E-state index in [2.05, 4.69) is 12.8 Å². The van der Waals surface area contributed by atoms with Crippen molar-refractivity contribution in [2.45, 2.75) is 0 Å². The summed E-state index contributed by atoms with van der Waals surface area (Å²) in [5.41, 5.74) is 0. The van der Waals surface area contributed by atoms with Crippen LogP contribution in [0.4, 0.5) is 0 Å². The van der Waals surface area contributed by atoms with Gasteiger partial charge in [-0.15, -0.1) is 25.3 Å². The lowest BCUT2D eigenvalue weighted by atomic mass is 11.4. The largest absolute Gasteiger partial charge is 0.316 e. The van der Waals surface area contributed by atoms with Crippen LogP contribution < -0.4 is 0 Å². The molecule has 0 bridgehead atoms. The lowest BCUT2D eigenvalue weighted by molar-refractivity contribution is 3.31. The molecule has 0 spiro atoms. The van der Waals surface area contributed by atoms with Gasteiger partial charge in [0.05, 0.1) is 0 Å². The summed E-state index contributed by atoms with van der Waals surface area (Å²) in [7, 11) is 0. The maximum absolute atomic E-state index is 4.00. The summed E-state index contributed by atoms with van der Waals surface area (Å²) in [6, 6.07) is 0. The summed E-state index contributed by atoms with van der Waals surface area (Å²) in [4.78, 5) is 0. The van der Waals surface area contributed by atoms with Crippen LogP contribution in [0.3, 0.4) is 0 Å². The Labute approximate surface area is 48.5 Å². The lowest BCUT2D eigenvalue weighted by Gasteiger charge is -0.701. The van der Waals surface area contributed by atoms with Crippen LogP contribution >= 0.6 is 12.4 Å². The van der Waals surface area contributed by atoms with E-state index >= 15 is 0 Å². The van der Waals surface area contributed by atoms with E-state index in [1.54, 1.807) is 0 Å². The van der Waals surface area contributed by atoms with Crippen LogP contribution in [0.2, 0.25) is 0 Å². The molecule has 0 saturated carbocycles. The summed E-state index contributed by atoms with van der Waals surface area (Å²) in [6.45, 7) is 0. The molecule has 0 aliphatic heterocycles. The zero-order valence-corrected chi connectivity index (χ0v) is 2.38. The van der Waals surface area contributed by atoms with Gasteiger partial charge in [0.1, 0.15) is 0 Å². The first-order valence-corrected chi connectivity index (χ1v) is 0.333. The van der Waals surface area contributed by atoms with E-state index in [0.29, 0.717) is 0 Å². The molecule has 0 saturated heterocycles. The third kappa shape index (κ3) is 18.0. The van der Waals surface area contributed by atoms with E-state index in [1.807, 2.05) is 0 Å². The average molecular weight is 88.8 g/mol. The van der Waals surface area contributed by atoms with Crippen LogP contribution in [0.1, 0.15) is 0 Å². The second kappa shape index (κ2) is 65.2. The standard InChI is InChI=1S/C2H2.ClH.Mg.2H/c1-2;;;;/h1-2H;1H;;;. The van der Waals surface area contributed by atoms with E-state index in [9.17, 15) is 0 Å². The van der Waals surface area contributed by atoms with Gasteiger partial charge in [-0.2, -0.15) is 0 Å². The topological polar surface area (TPSA) is 0 Å². The Balaban J connectivity index is -0.00000000500. The maximum atomic E-state index is 4.00. The van der Waals surface area contributed by atoms with E-state index in [4.69, 9.17) is 0 Å². The van der Waals surface area contributed by atoms with Gasteiger partial charge >= 0.3 is 23.1 Å². The van der Waals surface area contributed by atoms with Crippen LogP contribution in [0.15, 0.2) is 0 Å². The third-order valence-electron chi connectivity index (χ3n) is 0. The van der Waals surface area contributed by atoms with Crippen LogP contribution in [0, 0.1) is 12.8 Å². The third-order valence-corrected chi connectivity index (χ3v) is 0. The predicted octanol–water partition coefficient (Wildman–Crippen LogP) is -0.245. The fourth-order valence-corrected chi connectivity index (χ4v) is 0. The Hall–Kier alpha value is 0.616. The molecule has 0 amide bonds. The fourth-order valence-electron chi connectivity index (χ4n) is 0. The highest BCUT2D eigenvalue weighted by molar-refractivity contribution is 5.85. The van der Waals surface area contributed by atoms with Gasteiger partial charge in [-0.1, -0.05) is 0 Å². The monoisotopic (exact) mass is 88.0 g/mol. The highest BCUT2D eigenvalue weighted by Gasteiger charge is 0.454. The van der Waals surface area contributed by atoms with Crippen molar-refractivity contribution < 1.29 is 0 Å². The SMILES string of the molecule is C#C.Cl.[MgH2]. The van der Waals surface area contributed by atoms with Gasteiger partial charge in [-0.05, 0) is 0 Å². The molecule has 2 heteroatoms. The van der Waals surface area contributed by atoms with Gasteiger partial charge < -0.3 is 0 Å². The van der Waals surface area contributed by atoms with Gasteiger partial charge in [0.2, 0.25) is 0 Å². The van der Waals surface area contributed by atoms with Gasteiger partial charge in [0.25, 0.3) is 0 Å². The van der Waals surface area contributed by atoms with Crippen molar-refractivity contribution in [2.75, 3.05) is 0 Å². The Bertz CT molecular complexity index is 10.8. The molecule has 0 aliphatic rings. The maximum Gasteiger partial charge on any atom is 0.316 e. The zero-order chi connectivity index (χ0) is 2.00. The van der Waals surface area contributed by atoms with Crippen LogP contribution in [0.25, 0.3) is 0 Å². The molecule has 4 heavy (non-hydrogen) atoms. The highest BCUT2D eigenvalue weighted by atomic mass is 35.5. The second-order valence-corrected chi connectivity index (χ2v) is 0. The summed E-state index contributed by atoms with van der Waals surface area (Å²) >= 11 is 0. The molecular weight excluding hydrogens is 83.8 g/mol. The van der Waals surface area contributed by atoms with E-state index in [0.717, 1.165) is 0 Å². The lowest BCUT2D eigenvalue weighted by Crippen LogP contribution is -0.576. The first-order valence-electron chi connectivity index (χ1n) is 0.333. The molecular formula is C2H5ClMg. The summed E-state index contributed by atoms with van der Waals surface area (Å²) in [6.07, 6.45) is 8.00. The Kier molecular flexibility index (Phi) is 377. The Morgan fingerprint density at radius 3 is 1.00 bits per heavy atom. The smallest absolute Gasteiger partial charge is 0.147 e. The first-order chi connectivity index (χ1) is 1.00. The van der Waals surface area contributed by atoms with Gasteiger partial charge in [0, 0.05) is 0 Å². The molecule has 0 atom stereocenters. The van der Waals surface area contributed by atoms with Crippen molar-refractivity contribution in [3.8, 4) is 12.8 Å². The van der Waals surface area contributed by atoms with E-state index in [-0.39, 0.29) is 35.5 Å². The minimum Gasteiger partial charge on any atom is -0.147 e. The molecule has 0 unspecified atom stereocenters. The fraction of sp³-hybridized carbons (Fsp3) is 0. The minimum absolute atomic E-state index is 0. The molecule has 0 nitrogen and oxygen atoms in total. The van der Waals surface area contributed by atoms with Gasteiger partial charge in [-0.3, -0.25) is 0 Å². The highest BCUT2D eigenvalue weighted by Crippen LogP contribution is 0.690. The molecule has 0 rings (SSSR count). The first kappa shape index (κ1) is 23.1. The van der Waals surface area contributed by atoms with E-state index < -0.39 is 0 Å². The van der Waals surface area contributed by atoms with Crippen LogP contribution in [0.5, 0.6) is 0 Å². The van der Waals surface area contributed by atoms with Crippen molar-refractivity contribution in [3.05, 3.63) is 0 Å². The van der Waals surface area contributed by atoms with E-state index in [1.165, 1.54) is 0 Å². The Morgan fingerprint density at radius 1 is 1.00 bits per heavy atom. The molecule has 0 aromatic heterocycles. The summed E-state index contributed by atoms with van der Waals surface area (Å²) < 4.78 is 0. The molecule has 0 N–H and O–H groups in total. The van der Waals surface area contributed by atoms with Gasteiger partial charge in [0.15, 0.2) is 0 Å². The quantitative estimate of drug-likeness (QED) is 0.283. The summed E-state index contributed by atoms with van der Waals surface area (Å²) in [5.74, 6) is 0. The number of hydrogen-bond acceptors (Lipinski definition) is 0. The molecule has 0 fully saturated rings. The zero-order valence-electron chi connectivity index (χ0n) is 1.56. The minimum atomic E-state index is 0. The van der Waals surface area contributed by atoms with Crippen molar-refractivity contribution in [1.82, 2.24) is 0 Å². The molecule has 0 aromatic rings. The van der Waals surface area contributed by atoms with Crippen molar-refractivity contribution >= 4 is 35.5 Å². The van der Waals surface area contributed by atoms with Crippen molar-refractivity contribution in [2.24, 2.45) is 0 Å². The molecule has 0 aromatic carbocycles. The molecule has 0 aliphatic carbocycles. The van der Waals surface area contributed by atoms with Crippen molar-refractivity contribution in [1.29, 1.82) is 0 Å².